The molecule has 4 nitrogen and oxygen atoms in total. The van der Waals surface area contributed by atoms with Crippen LogP contribution >= 0.6 is 11.3 Å². The summed E-state index contributed by atoms with van der Waals surface area (Å²) in [4.78, 5) is 20.5. The Labute approximate surface area is 132 Å². The van der Waals surface area contributed by atoms with E-state index in [1.165, 1.54) is 16.9 Å². The number of aryl methyl sites for hydroxylation is 1. The third-order valence-electron chi connectivity index (χ3n) is 3.92. The highest BCUT2D eigenvalue weighted by atomic mass is 32.1. The van der Waals surface area contributed by atoms with E-state index in [9.17, 15) is 4.79 Å². The number of carbonyl (C=O) groups excluding carboxylic acids is 1. The Morgan fingerprint density at radius 2 is 2.18 bits per heavy atom. The van der Waals surface area contributed by atoms with Crippen LogP contribution in [-0.4, -0.2) is 15.9 Å². The van der Waals surface area contributed by atoms with Gasteiger partial charge in [0.1, 0.15) is 0 Å². The molecule has 2 heterocycles. The van der Waals surface area contributed by atoms with Crippen LogP contribution in [0.4, 0.5) is 5.13 Å². The molecule has 4 rings (SSSR count). The van der Waals surface area contributed by atoms with Crippen LogP contribution in [0.25, 0.3) is 21.3 Å². The Bertz CT molecular complexity index is 867. The third-order valence-corrected chi connectivity index (χ3v) is 4.85. The molecule has 1 amide bonds. The summed E-state index contributed by atoms with van der Waals surface area (Å²) >= 11 is 1.52. The van der Waals surface area contributed by atoms with Gasteiger partial charge in [0.2, 0.25) is 5.91 Å². The monoisotopic (exact) mass is 309 g/mol. The van der Waals surface area contributed by atoms with Crippen LogP contribution in [0.5, 0.6) is 0 Å². The number of aromatic nitrogens is 2. The summed E-state index contributed by atoms with van der Waals surface area (Å²) in [6, 6.07) is 8.18. The molecule has 1 aromatic carbocycles. The SMILES string of the molecule is Cc1ccncc1-c1ccc2nc(NC(=O)C3CC3)sc2c1. The maximum absolute atomic E-state index is 11.8. The number of benzene rings is 1. The molecular formula is C17H15N3OS. The van der Waals surface area contributed by atoms with Crippen molar-refractivity contribution in [3.05, 3.63) is 42.2 Å². The summed E-state index contributed by atoms with van der Waals surface area (Å²) in [6.07, 6.45) is 5.69. The highest BCUT2D eigenvalue weighted by molar-refractivity contribution is 7.22. The van der Waals surface area contributed by atoms with Crippen LogP contribution < -0.4 is 5.32 Å². The minimum absolute atomic E-state index is 0.0994. The number of anilines is 1. The fraction of sp³-hybridized carbons (Fsp3) is 0.235. The Hall–Kier alpha value is -2.27. The van der Waals surface area contributed by atoms with Crippen molar-refractivity contribution in [2.45, 2.75) is 19.8 Å². The highest BCUT2D eigenvalue weighted by Gasteiger charge is 2.30. The van der Waals surface area contributed by atoms with Gasteiger partial charge in [0.15, 0.2) is 5.13 Å². The van der Waals surface area contributed by atoms with Crippen molar-refractivity contribution in [2.75, 3.05) is 5.32 Å². The second kappa shape index (κ2) is 5.18. The first-order valence-electron chi connectivity index (χ1n) is 7.33. The molecule has 1 N–H and O–H groups in total. The largest absolute Gasteiger partial charge is 0.302 e. The van der Waals surface area contributed by atoms with Crippen LogP contribution in [0.1, 0.15) is 18.4 Å². The van der Waals surface area contributed by atoms with Gasteiger partial charge in [-0.2, -0.15) is 0 Å². The number of carbonyl (C=O) groups is 1. The van der Waals surface area contributed by atoms with E-state index in [2.05, 4.69) is 34.3 Å². The second-order valence-corrected chi connectivity index (χ2v) is 6.69. The molecule has 0 spiro atoms. The van der Waals surface area contributed by atoms with E-state index in [1.807, 2.05) is 18.3 Å². The first-order chi connectivity index (χ1) is 10.7. The van der Waals surface area contributed by atoms with Gasteiger partial charge in [-0.05, 0) is 49.1 Å². The first-order valence-corrected chi connectivity index (χ1v) is 8.15. The molecule has 0 radical (unpaired) electrons. The van der Waals surface area contributed by atoms with Crippen LogP contribution in [-0.2, 0) is 4.79 Å². The van der Waals surface area contributed by atoms with Gasteiger partial charge in [-0.1, -0.05) is 17.4 Å². The minimum atomic E-state index is 0.0994. The third kappa shape index (κ3) is 2.48. The molecule has 1 aliphatic carbocycles. The summed E-state index contributed by atoms with van der Waals surface area (Å²) < 4.78 is 1.08. The lowest BCUT2D eigenvalue weighted by Gasteiger charge is -2.04. The first kappa shape index (κ1) is 13.4. The molecule has 0 atom stereocenters. The molecule has 5 heteroatoms. The van der Waals surface area contributed by atoms with Crippen molar-refractivity contribution in [1.82, 2.24) is 9.97 Å². The average Bonchev–Trinajstić information content (AvgIpc) is 3.28. The lowest BCUT2D eigenvalue weighted by molar-refractivity contribution is -0.117. The maximum Gasteiger partial charge on any atom is 0.229 e. The number of rotatable bonds is 3. The van der Waals surface area contributed by atoms with E-state index in [-0.39, 0.29) is 11.8 Å². The minimum Gasteiger partial charge on any atom is -0.302 e. The molecule has 1 aliphatic rings. The highest BCUT2D eigenvalue weighted by Crippen LogP contribution is 2.34. The zero-order chi connectivity index (χ0) is 15.1. The molecule has 0 unspecified atom stereocenters. The lowest BCUT2D eigenvalue weighted by atomic mass is 10.0. The van der Waals surface area contributed by atoms with Crippen molar-refractivity contribution in [3.63, 3.8) is 0 Å². The molecular weight excluding hydrogens is 294 g/mol. The summed E-state index contributed by atoms with van der Waals surface area (Å²) in [5.74, 6) is 0.294. The normalized spacial score (nSPS) is 14.2. The number of pyridine rings is 1. The van der Waals surface area contributed by atoms with E-state index >= 15 is 0 Å². The van der Waals surface area contributed by atoms with Gasteiger partial charge in [0.25, 0.3) is 0 Å². The number of hydrogen-bond donors (Lipinski definition) is 1. The van der Waals surface area contributed by atoms with E-state index in [1.54, 1.807) is 6.20 Å². The quantitative estimate of drug-likeness (QED) is 0.795. The Morgan fingerprint density at radius 3 is 2.95 bits per heavy atom. The van der Waals surface area contributed by atoms with Crippen molar-refractivity contribution in [3.8, 4) is 11.1 Å². The van der Waals surface area contributed by atoms with Gasteiger partial charge in [-0.25, -0.2) is 4.98 Å². The number of nitrogens with zero attached hydrogens (tertiary/aromatic N) is 2. The average molecular weight is 309 g/mol. The molecule has 1 fully saturated rings. The Morgan fingerprint density at radius 1 is 1.32 bits per heavy atom. The summed E-state index contributed by atoms with van der Waals surface area (Å²) in [5.41, 5.74) is 4.37. The molecule has 0 bridgehead atoms. The topological polar surface area (TPSA) is 54.9 Å². The van der Waals surface area contributed by atoms with Gasteiger partial charge in [0.05, 0.1) is 10.2 Å². The molecule has 2 aromatic heterocycles. The van der Waals surface area contributed by atoms with Crippen molar-refractivity contribution in [1.29, 1.82) is 0 Å². The zero-order valence-corrected chi connectivity index (χ0v) is 13.0. The molecule has 0 aliphatic heterocycles. The second-order valence-electron chi connectivity index (χ2n) is 5.66. The van der Waals surface area contributed by atoms with Gasteiger partial charge in [0, 0.05) is 23.9 Å². The predicted octanol–water partition coefficient (Wildman–Crippen LogP) is 4.02. The van der Waals surface area contributed by atoms with Gasteiger partial charge in [-0.3, -0.25) is 9.78 Å². The van der Waals surface area contributed by atoms with Gasteiger partial charge < -0.3 is 5.32 Å². The van der Waals surface area contributed by atoms with Gasteiger partial charge >= 0.3 is 0 Å². The van der Waals surface area contributed by atoms with Crippen molar-refractivity contribution in [2.24, 2.45) is 5.92 Å². The van der Waals surface area contributed by atoms with Crippen LogP contribution in [0, 0.1) is 12.8 Å². The molecule has 3 aromatic rings. The number of fused-ring (bicyclic) bond motifs is 1. The van der Waals surface area contributed by atoms with Gasteiger partial charge in [-0.15, -0.1) is 0 Å². The molecule has 0 saturated heterocycles. The summed E-state index contributed by atoms with van der Waals surface area (Å²) in [6.45, 7) is 2.08. The van der Waals surface area contributed by atoms with E-state index in [4.69, 9.17) is 0 Å². The van der Waals surface area contributed by atoms with Crippen LogP contribution in [0.15, 0.2) is 36.7 Å². The zero-order valence-electron chi connectivity index (χ0n) is 12.2. The molecule has 22 heavy (non-hydrogen) atoms. The summed E-state index contributed by atoms with van der Waals surface area (Å²) in [7, 11) is 0. The Kier molecular flexibility index (Phi) is 3.15. The predicted molar refractivity (Wildman–Crippen MR) is 88.9 cm³/mol. The van der Waals surface area contributed by atoms with E-state index < -0.39 is 0 Å². The molecule has 1 saturated carbocycles. The van der Waals surface area contributed by atoms with Crippen LogP contribution in [0.2, 0.25) is 0 Å². The molecule has 110 valence electrons. The number of thiazole rings is 1. The number of nitrogens with one attached hydrogen (secondary N) is 1. The standard InChI is InChI=1S/C17H15N3OS/c1-10-6-7-18-9-13(10)12-4-5-14-15(8-12)22-17(19-14)20-16(21)11-2-3-11/h4-9,11H,2-3H2,1H3,(H,19,20,21). The van der Waals surface area contributed by atoms with Crippen molar-refractivity contribution >= 4 is 32.6 Å². The number of amides is 1. The number of hydrogen-bond acceptors (Lipinski definition) is 4. The maximum atomic E-state index is 11.8. The Balaban J connectivity index is 1.68. The van der Waals surface area contributed by atoms with E-state index in [0.29, 0.717) is 5.13 Å². The lowest BCUT2D eigenvalue weighted by Crippen LogP contribution is -2.12. The van der Waals surface area contributed by atoms with E-state index in [0.717, 1.165) is 34.2 Å². The summed E-state index contributed by atoms with van der Waals surface area (Å²) in [5, 5.41) is 3.61. The van der Waals surface area contributed by atoms with Crippen LogP contribution in [0.3, 0.4) is 0 Å². The fourth-order valence-corrected chi connectivity index (χ4v) is 3.37. The smallest absolute Gasteiger partial charge is 0.229 e. The fourth-order valence-electron chi connectivity index (χ4n) is 2.46. The van der Waals surface area contributed by atoms with Crippen molar-refractivity contribution < 1.29 is 4.79 Å².